The highest BCUT2D eigenvalue weighted by atomic mass is 32.3. The Morgan fingerprint density at radius 2 is 1.65 bits per heavy atom. The highest BCUT2D eigenvalue weighted by molar-refractivity contribution is 8.38. The van der Waals surface area contributed by atoms with Crippen molar-refractivity contribution in [1.82, 2.24) is 0 Å². The van der Waals surface area contributed by atoms with Crippen molar-refractivity contribution in [2.45, 2.75) is 11.8 Å². The van der Waals surface area contributed by atoms with Gasteiger partial charge in [0.2, 0.25) is 0 Å². The number of carbonyl (C=O) groups is 1. The summed E-state index contributed by atoms with van der Waals surface area (Å²) < 4.78 is 19.5. The second kappa shape index (κ2) is 4.66. The first-order chi connectivity index (χ1) is 7.76. The Bertz CT molecular complexity index is 482. The van der Waals surface area contributed by atoms with E-state index >= 15 is 0 Å². The van der Waals surface area contributed by atoms with Gasteiger partial charge in [-0.15, -0.1) is 10.6 Å². The summed E-state index contributed by atoms with van der Waals surface area (Å²) in [6.07, 6.45) is 0. The molecule has 1 aromatic rings. The Kier molecular flexibility index (Phi) is 3.66. The maximum Gasteiger partial charge on any atom is 0.357 e. The van der Waals surface area contributed by atoms with Gasteiger partial charge in [0.1, 0.15) is 0 Å². The van der Waals surface area contributed by atoms with Crippen molar-refractivity contribution in [3.63, 3.8) is 0 Å². The zero-order chi connectivity index (χ0) is 13.2. The lowest BCUT2D eigenvalue weighted by Gasteiger charge is -2.31. The van der Waals surface area contributed by atoms with E-state index in [9.17, 15) is 13.9 Å². The fraction of sp³-hybridized carbons (Fsp3) is 0.100. The molecule has 0 fully saturated rings. The molecular weight excluding hydrogens is 244 g/mol. The summed E-state index contributed by atoms with van der Waals surface area (Å²) in [6.45, 7) is 1.81. The third-order valence-electron chi connectivity index (χ3n) is 2.08. The van der Waals surface area contributed by atoms with Crippen molar-refractivity contribution in [2.75, 3.05) is 0 Å². The van der Waals surface area contributed by atoms with E-state index in [1.165, 1.54) is 12.1 Å². The van der Waals surface area contributed by atoms with E-state index in [4.69, 9.17) is 15.9 Å². The molecule has 0 atom stereocenters. The van der Waals surface area contributed by atoms with E-state index in [-0.39, 0.29) is 4.90 Å². The Labute approximate surface area is 99.3 Å². The minimum absolute atomic E-state index is 0.0269. The first-order valence-electron chi connectivity index (χ1n) is 4.52. The zero-order valence-electron chi connectivity index (χ0n) is 8.97. The number of hydrogen-bond donors (Lipinski definition) is 5. The van der Waals surface area contributed by atoms with Gasteiger partial charge >= 0.3 is 5.97 Å². The van der Waals surface area contributed by atoms with Crippen LogP contribution in [0, 0.1) is 17.7 Å². The normalized spacial score (nSPS) is 11.9. The van der Waals surface area contributed by atoms with Crippen LogP contribution in [-0.4, -0.2) is 30.9 Å². The van der Waals surface area contributed by atoms with Gasteiger partial charge in [0, 0.05) is 0 Å². The van der Waals surface area contributed by atoms with Crippen molar-refractivity contribution in [2.24, 2.45) is 0 Å². The summed E-state index contributed by atoms with van der Waals surface area (Å²) in [6, 6.07) is 6.02. The first kappa shape index (κ1) is 13.4. The molecule has 7 heteroatoms. The summed E-state index contributed by atoms with van der Waals surface area (Å²) in [4.78, 5) is 10.5. The smallest absolute Gasteiger partial charge is 0.357 e. The number of nitrogens with one attached hydrogen (secondary N) is 2. The van der Waals surface area contributed by atoms with E-state index in [1.807, 2.05) is 0 Å². The lowest BCUT2D eigenvalue weighted by atomic mass is 10.2. The number of hydrogen-bond acceptors (Lipinski definition) is 5. The minimum Gasteiger partial charge on any atom is -0.476 e. The number of rotatable bonds is 3. The lowest BCUT2D eigenvalue weighted by molar-refractivity contribution is -0.129. The summed E-state index contributed by atoms with van der Waals surface area (Å²) in [5, 5.41) is 22.0. The number of carboxylic acids is 1. The van der Waals surface area contributed by atoms with Crippen molar-refractivity contribution < 1.29 is 19.0 Å². The van der Waals surface area contributed by atoms with Crippen molar-refractivity contribution in [1.29, 1.82) is 10.8 Å². The Hall–Kier alpha value is -1.70. The molecule has 6 nitrogen and oxygen atoms in total. The topological polar surface area (TPSA) is 125 Å². The number of aliphatic carboxylic acids is 1. The van der Waals surface area contributed by atoms with E-state index in [0.717, 1.165) is 5.56 Å². The molecule has 0 spiro atoms. The fourth-order valence-corrected chi connectivity index (χ4v) is 2.21. The van der Waals surface area contributed by atoms with Gasteiger partial charge in [-0.1, -0.05) is 17.7 Å². The molecule has 92 valence electrons. The van der Waals surface area contributed by atoms with Crippen molar-refractivity contribution >= 4 is 27.3 Å². The van der Waals surface area contributed by atoms with Gasteiger partial charge in [-0.05, 0) is 19.1 Å². The van der Waals surface area contributed by atoms with Crippen LogP contribution in [-0.2, 0) is 4.79 Å². The Morgan fingerprint density at radius 3 is 2.06 bits per heavy atom. The molecule has 0 amide bonds. The molecule has 0 radical (unpaired) electrons. The molecule has 0 saturated carbocycles. The standard InChI is InChI=1S/C10H12N2O4S/c1-6-2-4-7(5-3-6)17(15,16)9(12)8(11)10(13)14/h2-5,11-12,15-16H,1H3,(H,13,14). The monoisotopic (exact) mass is 256 g/mol. The van der Waals surface area contributed by atoms with Gasteiger partial charge in [0.05, 0.1) is 4.90 Å². The molecule has 0 aromatic heterocycles. The predicted octanol–water partition coefficient (Wildman–Crippen LogP) is 2.19. The molecule has 5 N–H and O–H groups in total. The van der Waals surface area contributed by atoms with Gasteiger partial charge < -0.3 is 5.11 Å². The second-order valence-electron chi connectivity index (χ2n) is 3.37. The van der Waals surface area contributed by atoms with Crippen LogP contribution in [0.2, 0.25) is 0 Å². The molecule has 1 rings (SSSR count). The maximum absolute atomic E-state index is 10.5. The van der Waals surface area contributed by atoms with Gasteiger partial charge in [-0.25, -0.2) is 4.79 Å². The molecule has 0 saturated heterocycles. The van der Waals surface area contributed by atoms with Crippen LogP contribution in [0.5, 0.6) is 0 Å². The number of aryl methyl sites for hydroxylation is 1. The van der Waals surface area contributed by atoms with Crippen LogP contribution in [0.1, 0.15) is 5.56 Å². The van der Waals surface area contributed by atoms with E-state index < -0.39 is 27.3 Å². The Morgan fingerprint density at radius 1 is 1.18 bits per heavy atom. The number of benzene rings is 1. The third-order valence-corrected chi connectivity index (χ3v) is 3.78. The molecule has 0 aliphatic heterocycles. The highest BCUT2D eigenvalue weighted by Crippen LogP contribution is 2.49. The molecule has 0 heterocycles. The molecular formula is C10H12N2O4S. The molecule has 0 aliphatic carbocycles. The van der Waals surface area contributed by atoms with E-state index in [2.05, 4.69) is 0 Å². The third kappa shape index (κ3) is 2.70. The second-order valence-corrected chi connectivity index (χ2v) is 5.35. The molecule has 0 aliphatic rings. The summed E-state index contributed by atoms with van der Waals surface area (Å²) in [5.74, 6) is -1.66. The van der Waals surface area contributed by atoms with Gasteiger partial charge in [0.15, 0.2) is 10.8 Å². The van der Waals surface area contributed by atoms with Crippen LogP contribution < -0.4 is 0 Å². The number of carboxylic acid groups (broad SMARTS) is 1. The predicted molar refractivity (Wildman–Crippen MR) is 65.4 cm³/mol. The van der Waals surface area contributed by atoms with Crippen LogP contribution >= 0.6 is 10.6 Å². The maximum atomic E-state index is 10.5. The SMILES string of the molecule is Cc1ccc(S(O)(O)C(=N)C(=N)C(=O)O)cc1. The summed E-state index contributed by atoms with van der Waals surface area (Å²) in [7, 11) is -3.72. The minimum atomic E-state index is -3.72. The van der Waals surface area contributed by atoms with Gasteiger partial charge in [0.25, 0.3) is 0 Å². The van der Waals surface area contributed by atoms with Crippen molar-refractivity contribution in [3.05, 3.63) is 29.8 Å². The fourth-order valence-electron chi connectivity index (χ4n) is 1.09. The van der Waals surface area contributed by atoms with E-state index in [1.54, 1.807) is 19.1 Å². The average molecular weight is 256 g/mol. The van der Waals surface area contributed by atoms with Gasteiger partial charge in [-0.3, -0.25) is 19.9 Å². The highest BCUT2D eigenvalue weighted by Gasteiger charge is 2.28. The summed E-state index contributed by atoms with van der Waals surface area (Å²) >= 11 is 0. The molecule has 0 unspecified atom stereocenters. The largest absolute Gasteiger partial charge is 0.476 e. The molecule has 1 aromatic carbocycles. The molecule has 0 bridgehead atoms. The quantitative estimate of drug-likeness (QED) is 0.419. The average Bonchev–Trinajstić information content (AvgIpc) is 2.27. The lowest BCUT2D eigenvalue weighted by Crippen LogP contribution is -2.26. The zero-order valence-corrected chi connectivity index (χ0v) is 9.78. The molecule has 17 heavy (non-hydrogen) atoms. The summed E-state index contributed by atoms with van der Waals surface area (Å²) in [5.41, 5.74) is -0.227. The van der Waals surface area contributed by atoms with Crippen LogP contribution in [0.25, 0.3) is 0 Å². The van der Waals surface area contributed by atoms with Crippen LogP contribution in [0.3, 0.4) is 0 Å². The Balaban J connectivity index is 3.10. The van der Waals surface area contributed by atoms with Crippen LogP contribution in [0.15, 0.2) is 29.2 Å². The van der Waals surface area contributed by atoms with Crippen LogP contribution in [0.4, 0.5) is 0 Å². The van der Waals surface area contributed by atoms with Crippen molar-refractivity contribution in [3.8, 4) is 0 Å². The van der Waals surface area contributed by atoms with E-state index in [0.29, 0.717) is 0 Å². The first-order valence-corrected chi connectivity index (χ1v) is 6.07. The van der Waals surface area contributed by atoms with Gasteiger partial charge in [-0.2, -0.15) is 0 Å².